The van der Waals surface area contributed by atoms with Gasteiger partial charge in [0.2, 0.25) is 0 Å². The minimum atomic E-state index is 0.469. The summed E-state index contributed by atoms with van der Waals surface area (Å²) in [6.07, 6.45) is 7.95. The molecule has 2 fully saturated rings. The van der Waals surface area contributed by atoms with Crippen molar-refractivity contribution in [2.24, 2.45) is 0 Å². The molecule has 1 saturated heterocycles. The molecule has 1 aromatic rings. The molecule has 1 aliphatic heterocycles. The van der Waals surface area contributed by atoms with E-state index in [1.165, 1.54) is 57.2 Å². The summed E-state index contributed by atoms with van der Waals surface area (Å²) in [7, 11) is 1.86. The normalized spacial score (nSPS) is 27.0. The molecule has 0 radical (unpaired) electrons. The average molecular weight is 317 g/mol. The van der Waals surface area contributed by atoms with Crippen LogP contribution in [0, 0.1) is 6.92 Å². The van der Waals surface area contributed by atoms with Crippen molar-refractivity contribution >= 4 is 11.4 Å². The van der Waals surface area contributed by atoms with E-state index in [0.29, 0.717) is 12.1 Å². The molecule has 4 nitrogen and oxygen atoms in total. The molecule has 3 rings (SSSR count). The number of aryl methyl sites for hydroxylation is 1. The fourth-order valence-electron chi connectivity index (χ4n) is 4.09. The Balaban J connectivity index is 1.51. The van der Waals surface area contributed by atoms with Gasteiger partial charge in [-0.25, -0.2) is 0 Å². The highest BCUT2D eigenvalue weighted by Crippen LogP contribution is 2.28. The van der Waals surface area contributed by atoms with Gasteiger partial charge in [0, 0.05) is 32.3 Å². The number of anilines is 2. The number of nitrogen functional groups attached to an aromatic ring is 1. The standard InChI is InChI=1S/C19H31N3O/c1-14-6-7-18(20)19(12-14)21-15-8-10-22(11-9-15)16-4-3-5-17(13-16)23-2/h6-7,12,15-17,21H,3-5,8-11,13,20H2,1-2H3/t16?,17-/m1/s1. The van der Waals surface area contributed by atoms with Gasteiger partial charge in [-0.3, -0.25) is 0 Å². The first-order valence-electron chi connectivity index (χ1n) is 9.05. The zero-order chi connectivity index (χ0) is 16.2. The fourth-order valence-corrected chi connectivity index (χ4v) is 4.09. The molecule has 3 N–H and O–H groups in total. The van der Waals surface area contributed by atoms with Gasteiger partial charge in [0.05, 0.1) is 17.5 Å². The van der Waals surface area contributed by atoms with E-state index in [2.05, 4.69) is 29.3 Å². The van der Waals surface area contributed by atoms with Gasteiger partial charge in [0.25, 0.3) is 0 Å². The second kappa shape index (κ2) is 7.54. The summed E-state index contributed by atoms with van der Waals surface area (Å²) in [6.45, 7) is 4.48. The molecular formula is C19H31N3O. The number of nitrogens with two attached hydrogens (primary N) is 1. The third kappa shape index (κ3) is 4.18. The maximum atomic E-state index is 6.09. The molecule has 4 heteroatoms. The van der Waals surface area contributed by atoms with Crippen molar-refractivity contribution in [3.05, 3.63) is 23.8 Å². The molecular weight excluding hydrogens is 286 g/mol. The summed E-state index contributed by atoms with van der Waals surface area (Å²) in [5.74, 6) is 0. The van der Waals surface area contributed by atoms with Crippen LogP contribution >= 0.6 is 0 Å². The molecule has 2 aliphatic rings. The van der Waals surface area contributed by atoms with E-state index in [0.717, 1.165) is 17.4 Å². The second-order valence-corrected chi connectivity index (χ2v) is 7.22. The van der Waals surface area contributed by atoms with Crippen molar-refractivity contribution < 1.29 is 4.74 Å². The van der Waals surface area contributed by atoms with Crippen LogP contribution in [0.5, 0.6) is 0 Å². The van der Waals surface area contributed by atoms with Crippen LogP contribution < -0.4 is 11.1 Å². The first kappa shape index (κ1) is 16.6. The maximum absolute atomic E-state index is 6.09. The number of nitrogens with zero attached hydrogens (tertiary/aromatic N) is 1. The molecule has 128 valence electrons. The van der Waals surface area contributed by atoms with E-state index in [4.69, 9.17) is 10.5 Å². The molecule has 0 spiro atoms. The number of likely N-dealkylation sites (tertiary alicyclic amines) is 1. The Morgan fingerprint density at radius 1 is 1.17 bits per heavy atom. The van der Waals surface area contributed by atoms with Gasteiger partial charge < -0.3 is 20.7 Å². The van der Waals surface area contributed by atoms with Crippen LogP contribution in [0.15, 0.2) is 18.2 Å². The lowest BCUT2D eigenvalue weighted by atomic mass is 9.90. The number of ether oxygens (including phenoxy) is 1. The maximum Gasteiger partial charge on any atom is 0.0586 e. The lowest BCUT2D eigenvalue weighted by molar-refractivity contribution is 0.0218. The Hall–Kier alpha value is -1.26. The number of rotatable bonds is 4. The Bertz CT molecular complexity index is 511. The van der Waals surface area contributed by atoms with Crippen LogP contribution in [0.3, 0.4) is 0 Å². The molecule has 0 amide bonds. The smallest absolute Gasteiger partial charge is 0.0586 e. The zero-order valence-corrected chi connectivity index (χ0v) is 14.6. The third-order valence-corrected chi connectivity index (χ3v) is 5.55. The van der Waals surface area contributed by atoms with Crippen molar-refractivity contribution in [3.8, 4) is 0 Å². The topological polar surface area (TPSA) is 50.5 Å². The number of hydrogen-bond donors (Lipinski definition) is 2. The summed E-state index contributed by atoms with van der Waals surface area (Å²) < 4.78 is 5.58. The van der Waals surface area contributed by atoms with Gasteiger partial charge in [-0.05, 0) is 63.1 Å². The molecule has 23 heavy (non-hydrogen) atoms. The van der Waals surface area contributed by atoms with E-state index < -0.39 is 0 Å². The van der Waals surface area contributed by atoms with Crippen molar-refractivity contribution in [2.75, 3.05) is 31.2 Å². The molecule has 1 aromatic carbocycles. The molecule has 0 bridgehead atoms. The summed E-state index contributed by atoms with van der Waals surface area (Å²) in [6, 6.07) is 7.49. The second-order valence-electron chi connectivity index (χ2n) is 7.22. The molecule has 1 unspecified atom stereocenters. The van der Waals surface area contributed by atoms with E-state index >= 15 is 0 Å². The third-order valence-electron chi connectivity index (χ3n) is 5.55. The van der Waals surface area contributed by atoms with Crippen molar-refractivity contribution in [2.45, 2.75) is 63.6 Å². The summed E-state index contributed by atoms with van der Waals surface area (Å²) in [5, 5.41) is 3.66. The SMILES string of the molecule is CO[C@@H]1CCCC(N2CCC(Nc3cc(C)ccc3N)CC2)C1. The first-order valence-corrected chi connectivity index (χ1v) is 9.05. The van der Waals surface area contributed by atoms with Crippen LogP contribution in [0.25, 0.3) is 0 Å². The molecule has 0 aromatic heterocycles. The highest BCUT2D eigenvalue weighted by Gasteiger charge is 2.29. The van der Waals surface area contributed by atoms with E-state index in [1.807, 2.05) is 13.2 Å². The first-order chi connectivity index (χ1) is 11.2. The van der Waals surface area contributed by atoms with Crippen LogP contribution in [0.2, 0.25) is 0 Å². The Kier molecular flexibility index (Phi) is 5.44. The van der Waals surface area contributed by atoms with Crippen molar-refractivity contribution in [1.82, 2.24) is 4.90 Å². The lowest BCUT2D eigenvalue weighted by Gasteiger charge is -2.41. The number of hydrogen-bond acceptors (Lipinski definition) is 4. The largest absolute Gasteiger partial charge is 0.397 e. The monoisotopic (exact) mass is 317 g/mol. The van der Waals surface area contributed by atoms with Crippen molar-refractivity contribution in [3.63, 3.8) is 0 Å². The van der Waals surface area contributed by atoms with Crippen LogP contribution in [-0.2, 0) is 4.74 Å². The van der Waals surface area contributed by atoms with Crippen molar-refractivity contribution in [1.29, 1.82) is 0 Å². The summed E-state index contributed by atoms with van der Waals surface area (Å²) >= 11 is 0. The average Bonchev–Trinajstić information content (AvgIpc) is 2.59. The van der Waals surface area contributed by atoms with Gasteiger partial charge in [0.15, 0.2) is 0 Å². The number of methoxy groups -OCH3 is 1. The van der Waals surface area contributed by atoms with Gasteiger partial charge in [-0.15, -0.1) is 0 Å². The molecule has 2 atom stereocenters. The quantitative estimate of drug-likeness (QED) is 0.836. The minimum Gasteiger partial charge on any atom is -0.397 e. The summed E-state index contributed by atoms with van der Waals surface area (Å²) in [5.41, 5.74) is 9.30. The number of nitrogens with one attached hydrogen (secondary N) is 1. The zero-order valence-electron chi connectivity index (χ0n) is 14.6. The Labute approximate surface area is 140 Å². The Morgan fingerprint density at radius 3 is 2.70 bits per heavy atom. The number of benzene rings is 1. The highest BCUT2D eigenvalue weighted by molar-refractivity contribution is 5.67. The molecule has 1 aliphatic carbocycles. The fraction of sp³-hybridized carbons (Fsp3) is 0.684. The van der Waals surface area contributed by atoms with Gasteiger partial charge >= 0.3 is 0 Å². The molecule has 1 heterocycles. The van der Waals surface area contributed by atoms with Gasteiger partial charge in [-0.1, -0.05) is 6.07 Å². The van der Waals surface area contributed by atoms with Crippen LogP contribution in [-0.4, -0.2) is 43.3 Å². The lowest BCUT2D eigenvalue weighted by Crippen LogP contribution is -2.47. The van der Waals surface area contributed by atoms with Crippen LogP contribution in [0.4, 0.5) is 11.4 Å². The number of piperidine rings is 1. The highest BCUT2D eigenvalue weighted by atomic mass is 16.5. The Morgan fingerprint density at radius 2 is 1.96 bits per heavy atom. The van der Waals surface area contributed by atoms with E-state index in [9.17, 15) is 0 Å². The predicted octanol–water partition coefficient (Wildman–Crippen LogP) is 3.41. The van der Waals surface area contributed by atoms with Crippen LogP contribution in [0.1, 0.15) is 44.1 Å². The minimum absolute atomic E-state index is 0.469. The van der Waals surface area contributed by atoms with E-state index in [1.54, 1.807) is 0 Å². The van der Waals surface area contributed by atoms with Gasteiger partial charge in [0.1, 0.15) is 0 Å². The van der Waals surface area contributed by atoms with E-state index in [-0.39, 0.29) is 0 Å². The summed E-state index contributed by atoms with van der Waals surface area (Å²) in [4.78, 5) is 2.68. The molecule has 1 saturated carbocycles. The predicted molar refractivity (Wildman–Crippen MR) is 96.9 cm³/mol. The van der Waals surface area contributed by atoms with Gasteiger partial charge in [-0.2, -0.15) is 0 Å².